The van der Waals surface area contributed by atoms with Crippen molar-refractivity contribution in [3.8, 4) is 5.88 Å². The lowest BCUT2D eigenvalue weighted by molar-refractivity contribution is 0.177. The molecular formula is C9H11N3O2S. The molecule has 1 atom stereocenters. The second-order valence-electron chi connectivity index (χ2n) is 3.10. The van der Waals surface area contributed by atoms with Gasteiger partial charge in [0.1, 0.15) is 0 Å². The van der Waals surface area contributed by atoms with Crippen LogP contribution in [0.3, 0.4) is 0 Å². The summed E-state index contributed by atoms with van der Waals surface area (Å²) in [5.74, 6) is 0.586. The number of aliphatic hydroxyl groups excluding tert-OH is 1. The van der Waals surface area contributed by atoms with Gasteiger partial charge in [-0.05, 0) is 11.5 Å². The number of nitrogens with one attached hydrogen (secondary N) is 1. The summed E-state index contributed by atoms with van der Waals surface area (Å²) in [7, 11) is 1.57. The Bertz CT molecular complexity index is 413. The Kier molecular flexibility index (Phi) is 2.98. The first kappa shape index (κ1) is 10.1. The van der Waals surface area contributed by atoms with Crippen molar-refractivity contribution in [3.63, 3.8) is 0 Å². The molecule has 0 amide bonds. The van der Waals surface area contributed by atoms with E-state index in [0.29, 0.717) is 12.3 Å². The maximum atomic E-state index is 9.86. The molecule has 2 aromatic heterocycles. The molecule has 2 aromatic rings. The SMILES string of the molecule is COc1nscc1CC(O)c1cn[nH]c1. The van der Waals surface area contributed by atoms with Gasteiger partial charge in [-0.25, -0.2) is 0 Å². The molecule has 0 aliphatic rings. The van der Waals surface area contributed by atoms with Gasteiger partial charge in [0.25, 0.3) is 0 Å². The standard InChI is InChI=1S/C9H11N3O2S/c1-14-9-6(5-15-12-9)2-8(13)7-3-10-11-4-7/h3-5,8,13H,2H2,1H3,(H,10,11). The number of rotatable bonds is 4. The van der Waals surface area contributed by atoms with Crippen molar-refractivity contribution in [1.82, 2.24) is 14.6 Å². The summed E-state index contributed by atoms with van der Waals surface area (Å²) in [6.45, 7) is 0. The van der Waals surface area contributed by atoms with Crippen molar-refractivity contribution in [3.05, 3.63) is 28.9 Å². The largest absolute Gasteiger partial charge is 0.480 e. The van der Waals surface area contributed by atoms with Crippen molar-refractivity contribution in [1.29, 1.82) is 0 Å². The smallest absolute Gasteiger partial charge is 0.228 e. The van der Waals surface area contributed by atoms with Crippen LogP contribution in [0.2, 0.25) is 0 Å². The number of nitrogens with zero attached hydrogens (tertiary/aromatic N) is 2. The summed E-state index contributed by atoms with van der Waals surface area (Å²) in [6.07, 6.45) is 3.20. The molecule has 0 saturated heterocycles. The summed E-state index contributed by atoms with van der Waals surface area (Å²) in [4.78, 5) is 0. The molecule has 0 bridgehead atoms. The van der Waals surface area contributed by atoms with Crippen LogP contribution in [-0.2, 0) is 6.42 Å². The molecule has 2 heterocycles. The Hall–Kier alpha value is -1.40. The molecule has 0 aliphatic heterocycles. The van der Waals surface area contributed by atoms with Crippen LogP contribution in [0.4, 0.5) is 0 Å². The predicted molar refractivity (Wildman–Crippen MR) is 55.9 cm³/mol. The Morgan fingerprint density at radius 1 is 1.67 bits per heavy atom. The monoisotopic (exact) mass is 225 g/mol. The minimum Gasteiger partial charge on any atom is -0.480 e. The topological polar surface area (TPSA) is 71.0 Å². The molecule has 1 unspecified atom stereocenters. The van der Waals surface area contributed by atoms with Crippen molar-refractivity contribution in [2.75, 3.05) is 7.11 Å². The normalized spacial score (nSPS) is 12.7. The van der Waals surface area contributed by atoms with Crippen LogP contribution >= 0.6 is 11.5 Å². The second kappa shape index (κ2) is 4.41. The molecule has 6 heteroatoms. The summed E-state index contributed by atoms with van der Waals surface area (Å²) < 4.78 is 9.12. The molecule has 2 N–H and O–H groups in total. The first-order valence-electron chi connectivity index (χ1n) is 4.45. The second-order valence-corrected chi connectivity index (χ2v) is 3.73. The quantitative estimate of drug-likeness (QED) is 0.818. The average Bonchev–Trinajstić information content (AvgIpc) is 2.87. The highest BCUT2D eigenvalue weighted by atomic mass is 32.1. The van der Waals surface area contributed by atoms with E-state index in [9.17, 15) is 5.11 Å². The fraction of sp³-hybridized carbons (Fsp3) is 0.333. The molecule has 2 rings (SSSR count). The summed E-state index contributed by atoms with van der Waals surface area (Å²) in [5.41, 5.74) is 1.68. The molecular weight excluding hydrogens is 214 g/mol. The molecule has 80 valence electrons. The molecule has 0 aromatic carbocycles. The Morgan fingerprint density at radius 2 is 2.53 bits per heavy atom. The number of aromatic amines is 1. The number of methoxy groups -OCH3 is 1. The summed E-state index contributed by atoms with van der Waals surface area (Å²) in [6, 6.07) is 0. The van der Waals surface area contributed by atoms with Gasteiger partial charge in [-0.15, -0.1) is 0 Å². The van der Waals surface area contributed by atoms with E-state index < -0.39 is 6.10 Å². The van der Waals surface area contributed by atoms with E-state index in [0.717, 1.165) is 11.1 Å². The third kappa shape index (κ3) is 2.16. The Morgan fingerprint density at radius 3 is 3.20 bits per heavy atom. The average molecular weight is 225 g/mol. The zero-order valence-electron chi connectivity index (χ0n) is 8.17. The maximum absolute atomic E-state index is 9.86. The fourth-order valence-electron chi connectivity index (χ4n) is 1.32. The molecule has 0 aliphatic carbocycles. The lowest BCUT2D eigenvalue weighted by atomic mass is 10.1. The minimum absolute atomic E-state index is 0.485. The predicted octanol–water partition coefficient (Wildman–Crippen LogP) is 1.15. The van der Waals surface area contributed by atoms with Crippen LogP contribution in [0.5, 0.6) is 5.88 Å². The van der Waals surface area contributed by atoms with E-state index in [1.165, 1.54) is 11.5 Å². The third-order valence-corrected chi connectivity index (χ3v) is 2.78. The van der Waals surface area contributed by atoms with Crippen molar-refractivity contribution in [2.24, 2.45) is 0 Å². The lowest BCUT2D eigenvalue weighted by Gasteiger charge is -2.07. The third-order valence-electron chi connectivity index (χ3n) is 2.12. The Balaban J connectivity index is 2.09. The van der Waals surface area contributed by atoms with Gasteiger partial charge in [-0.3, -0.25) is 5.10 Å². The summed E-state index contributed by atoms with van der Waals surface area (Å²) in [5, 5.41) is 18.2. The van der Waals surface area contributed by atoms with Crippen LogP contribution in [0.25, 0.3) is 0 Å². The minimum atomic E-state index is -0.575. The molecule has 0 fully saturated rings. The van der Waals surface area contributed by atoms with Crippen LogP contribution < -0.4 is 4.74 Å². The molecule has 0 radical (unpaired) electrons. The zero-order valence-corrected chi connectivity index (χ0v) is 8.99. The molecule has 15 heavy (non-hydrogen) atoms. The van der Waals surface area contributed by atoms with Gasteiger partial charge < -0.3 is 9.84 Å². The van der Waals surface area contributed by atoms with Crippen molar-refractivity contribution < 1.29 is 9.84 Å². The van der Waals surface area contributed by atoms with E-state index in [1.54, 1.807) is 19.5 Å². The van der Waals surface area contributed by atoms with Gasteiger partial charge in [0.05, 0.1) is 19.4 Å². The molecule has 5 nitrogen and oxygen atoms in total. The van der Waals surface area contributed by atoms with Crippen molar-refractivity contribution >= 4 is 11.5 Å². The zero-order chi connectivity index (χ0) is 10.7. The van der Waals surface area contributed by atoms with Crippen LogP contribution in [-0.4, -0.2) is 26.8 Å². The number of hydrogen-bond acceptors (Lipinski definition) is 5. The van der Waals surface area contributed by atoms with Gasteiger partial charge in [0.2, 0.25) is 5.88 Å². The van der Waals surface area contributed by atoms with Crippen LogP contribution in [0, 0.1) is 0 Å². The number of aliphatic hydroxyl groups is 1. The highest BCUT2D eigenvalue weighted by Gasteiger charge is 2.14. The van der Waals surface area contributed by atoms with E-state index in [-0.39, 0.29) is 0 Å². The molecule has 0 spiro atoms. The fourth-order valence-corrected chi connectivity index (χ4v) is 1.98. The maximum Gasteiger partial charge on any atom is 0.228 e. The van der Waals surface area contributed by atoms with E-state index >= 15 is 0 Å². The van der Waals surface area contributed by atoms with Crippen LogP contribution in [0.1, 0.15) is 17.2 Å². The van der Waals surface area contributed by atoms with E-state index in [1.807, 2.05) is 5.38 Å². The first-order chi connectivity index (χ1) is 7.31. The van der Waals surface area contributed by atoms with E-state index in [4.69, 9.17) is 4.74 Å². The summed E-state index contributed by atoms with van der Waals surface area (Å²) >= 11 is 1.32. The van der Waals surface area contributed by atoms with Gasteiger partial charge in [0.15, 0.2) is 0 Å². The number of hydrogen-bond donors (Lipinski definition) is 2. The van der Waals surface area contributed by atoms with Gasteiger partial charge >= 0.3 is 0 Å². The Labute approximate surface area is 90.9 Å². The number of aromatic nitrogens is 3. The van der Waals surface area contributed by atoms with Gasteiger partial charge in [-0.1, -0.05) is 0 Å². The highest BCUT2D eigenvalue weighted by Crippen LogP contribution is 2.24. The number of H-pyrrole nitrogens is 1. The van der Waals surface area contributed by atoms with Gasteiger partial charge in [-0.2, -0.15) is 9.47 Å². The highest BCUT2D eigenvalue weighted by molar-refractivity contribution is 7.03. The van der Waals surface area contributed by atoms with Crippen LogP contribution in [0.15, 0.2) is 17.8 Å². The van der Waals surface area contributed by atoms with Crippen molar-refractivity contribution in [2.45, 2.75) is 12.5 Å². The van der Waals surface area contributed by atoms with Gasteiger partial charge in [0, 0.05) is 29.1 Å². The first-order valence-corrected chi connectivity index (χ1v) is 5.29. The number of ether oxygens (including phenoxy) is 1. The van der Waals surface area contributed by atoms with E-state index in [2.05, 4.69) is 14.6 Å². The molecule has 0 saturated carbocycles. The lowest BCUT2D eigenvalue weighted by Crippen LogP contribution is -2.01.